The maximum Gasteiger partial charge on any atom is 0.137 e. The van der Waals surface area contributed by atoms with E-state index < -0.39 is 6.67 Å². The highest BCUT2D eigenvalue weighted by molar-refractivity contribution is 5.80. The second-order valence-electron chi connectivity index (χ2n) is 6.58. The molecule has 4 rings (SSSR count). The van der Waals surface area contributed by atoms with Gasteiger partial charge in [-0.2, -0.15) is 5.10 Å². The zero-order valence-electron chi connectivity index (χ0n) is 16.5. The first kappa shape index (κ1) is 19.6. The van der Waals surface area contributed by atoms with E-state index in [1.165, 1.54) is 0 Å². The number of hydrogen-bond donors (Lipinski definition) is 0. The van der Waals surface area contributed by atoms with Gasteiger partial charge in [-0.25, -0.2) is 4.39 Å². The molecule has 0 aliphatic rings. The Morgan fingerprint density at radius 2 is 1.70 bits per heavy atom. The van der Waals surface area contributed by atoms with E-state index in [4.69, 9.17) is 9.47 Å². The normalized spacial score (nSPS) is 10.7. The van der Waals surface area contributed by atoms with E-state index in [-0.39, 0.29) is 6.54 Å². The molecular weight excluding hydrogens is 382 g/mol. The molecule has 0 aliphatic heterocycles. The minimum absolute atomic E-state index is 0.216. The van der Waals surface area contributed by atoms with Gasteiger partial charge in [0, 0.05) is 29.7 Å². The molecule has 0 bridgehead atoms. The highest BCUT2D eigenvalue weighted by atomic mass is 19.1. The van der Waals surface area contributed by atoms with Crippen molar-refractivity contribution in [1.82, 2.24) is 19.7 Å². The van der Waals surface area contributed by atoms with E-state index >= 15 is 0 Å². The molecule has 0 amide bonds. The van der Waals surface area contributed by atoms with Crippen molar-refractivity contribution < 1.29 is 13.9 Å². The molecule has 0 atom stereocenters. The van der Waals surface area contributed by atoms with Gasteiger partial charge < -0.3 is 9.47 Å². The van der Waals surface area contributed by atoms with Crippen molar-refractivity contribution in [3.05, 3.63) is 79.0 Å². The third-order valence-electron chi connectivity index (χ3n) is 4.61. The summed E-state index contributed by atoms with van der Waals surface area (Å²) in [5.74, 6) is 1.44. The predicted molar refractivity (Wildman–Crippen MR) is 112 cm³/mol. The number of methoxy groups -OCH3 is 1. The topological polar surface area (TPSA) is 62.1 Å². The molecule has 30 heavy (non-hydrogen) atoms. The van der Waals surface area contributed by atoms with Crippen LogP contribution in [0.4, 0.5) is 4.39 Å². The van der Waals surface area contributed by atoms with E-state index in [0.717, 1.165) is 33.8 Å². The molecule has 1 aromatic carbocycles. The highest BCUT2D eigenvalue weighted by Crippen LogP contribution is 2.31. The molecule has 7 heteroatoms. The fourth-order valence-corrected chi connectivity index (χ4v) is 3.06. The standard InChI is InChI=1S/C23H21FN4O2/c1-29-21-7-4-19(26-14-21)16-30-20-5-2-18(3-6-20)23-22(15-28(27-23)13-10-24)17-8-11-25-12-9-17/h2-9,11-12,14-15H,10,13,16H2,1H3/i1-1. The first-order chi connectivity index (χ1) is 14.8. The lowest BCUT2D eigenvalue weighted by molar-refractivity contribution is 0.301. The van der Waals surface area contributed by atoms with Crippen molar-refractivity contribution in [2.75, 3.05) is 13.8 Å². The minimum Gasteiger partial charge on any atom is -0.495 e. The number of ether oxygens (including phenoxy) is 2. The predicted octanol–water partition coefficient (Wildman–Crippen LogP) is 4.56. The van der Waals surface area contributed by atoms with Crippen molar-refractivity contribution in [2.24, 2.45) is 0 Å². The molecule has 0 radical (unpaired) electrons. The first-order valence-electron chi connectivity index (χ1n) is 9.53. The Morgan fingerprint density at radius 3 is 2.37 bits per heavy atom. The van der Waals surface area contributed by atoms with Gasteiger partial charge in [0.1, 0.15) is 30.5 Å². The Kier molecular flexibility index (Phi) is 5.98. The lowest BCUT2D eigenvalue weighted by atomic mass is 10.0. The number of rotatable bonds is 8. The van der Waals surface area contributed by atoms with Gasteiger partial charge in [0.25, 0.3) is 0 Å². The SMILES string of the molecule is [11CH3]Oc1ccc(COc2ccc(-c3nn(CCF)cc3-c3ccncc3)cc2)nc1. The second kappa shape index (κ2) is 9.17. The van der Waals surface area contributed by atoms with Crippen LogP contribution in [-0.2, 0) is 13.2 Å². The molecule has 0 aliphatic carbocycles. The smallest absolute Gasteiger partial charge is 0.137 e. The average Bonchev–Trinajstić information content (AvgIpc) is 3.23. The second-order valence-corrected chi connectivity index (χ2v) is 6.58. The number of benzene rings is 1. The molecule has 6 nitrogen and oxygen atoms in total. The Morgan fingerprint density at radius 1 is 0.933 bits per heavy atom. The van der Waals surface area contributed by atoms with Gasteiger partial charge in [-0.1, -0.05) is 0 Å². The molecule has 3 aromatic heterocycles. The van der Waals surface area contributed by atoms with Gasteiger partial charge in [-0.3, -0.25) is 14.6 Å². The van der Waals surface area contributed by atoms with Crippen molar-refractivity contribution in [1.29, 1.82) is 0 Å². The molecule has 3 heterocycles. The third-order valence-corrected chi connectivity index (χ3v) is 4.61. The number of halogens is 1. The number of pyridine rings is 2. The maximum absolute atomic E-state index is 12.8. The van der Waals surface area contributed by atoms with Crippen molar-refractivity contribution >= 4 is 0 Å². The zero-order valence-corrected chi connectivity index (χ0v) is 16.5. The monoisotopic (exact) mass is 403 g/mol. The van der Waals surface area contributed by atoms with Crippen molar-refractivity contribution in [3.63, 3.8) is 0 Å². The van der Waals surface area contributed by atoms with Gasteiger partial charge >= 0.3 is 0 Å². The third kappa shape index (κ3) is 4.46. The van der Waals surface area contributed by atoms with E-state index in [0.29, 0.717) is 12.4 Å². The molecule has 0 fully saturated rings. The van der Waals surface area contributed by atoms with Gasteiger partial charge in [0.05, 0.1) is 25.5 Å². The van der Waals surface area contributed by atoms with Crippen LogP contribution in [0.2, 0.25) is 0 Å². The number of aromatic nitrogens is 4. The Labute approximate surface area is 174 Å². The molecule has 0 saturated carbocycles. The van der Waals surface area contributed by atoms with Crippen LogP contribution in [0.25, 0.3) is 22.4 Å². The van der Waals surface area contributed by atoms with E-state index in [2.05, 4.69) is 15.1 Å². The number of nitrogens with zero attached hydrogens (tertiary/aromatic N) is 4. The summed E-state index contributed by atoms with van der Waals surface area (Å²) in [6.07, 6.45) is 6.99. The van der Waals surface area contributed by atoms with E-state index in [1.54, 1.807) is 30.4 Å². The molecule has 0 spiro atoms. The summed E-state index contributed by atoms with van der Waals surface area (Å²) < 4.78 is 25.4. The lowest BCUT2D eigenvalue weighted by Crippen LogP contribution is -2.00. The van der Waals surface area contributed by atoms with Crippen LogP contribution in [0.1, 0.15) is 5.69 Å². The maximum atomic E-state index is 12.8. The molecule has 0 N–H and O–H groups in total. The average molecular weight is 403 g/mol. The van der Waals surface area contributed by atoms with Gasteiger partial charge in [0.15, 0.2) is 0 Å². The van der Waals surface area contributed by atoms with Crippen LogP contribution < -0.4 is 9.47 Å². The first-order valence-corrected chi connectivity index (χ1v) is 9.53. The molecule has 152 valence electrons. The summed E-state index contributed by atoms with van der Waals surface area (Å²) in [4.78, 5) is 8.36. The largest absolute Gasteiger partial charge is 0.495 e. The Bertz CT molecular complexity index is 1080. The van der Waals surface area contributed by atoms with Crippen LogP contribution in [0.15, 0.2) is 73.3 Å². The van der Waals surface area contributed by atoms with Crippen molar-refractivity contribution in [3.8, 4) is 33.9 Å². The molecular formula is C23H21FN4O2. The Hall–Kier alpha value is -3.74. The summed E-state index contributed by atoms with van der Waals surface area (Å²) in [6.45, 7) is 0.105. The van der Waals surface area contributed by atoms with Gasteiger partial charge in [-0.05, 0) is 54.1 Å². The zero-order chi connectivity index (χ0) is 20.8. The van der Waals surface area contributed by atoms with Crippen LogP contribution in [0.3, 0.4) is 0 Å². The fourth-order valence-electron chi connectivity index (χ4n) is 3.06. The van der Waals surface area contributed by atoms with Gasteiger partial charge in [0.2, 0.25) is 0 Å². The molecule has 4 aromatic rings. The van der Waals surface area contributed by atoms with Crippen LogP contribution >= 0.6 is 0 Å². The summed E-state index contributed by atoms with van der Waals surface area (Å²) in [6, 6.07) is 15.2. The van der Waals surface area contributed by atoms with Crippen molar-refractivity contribution in [2.45, 2.75) is 13.2 Å². The summed E-state index contributed by atoms with van der Waals surface area (Å²) >= 11 is 0. The van der Waals surface area contributed by atoms with Crippen LogP contribution in [0.5, 0.6) is 11.5 Å². The van der Waals surface area contributed by atoms with E-state index in [1.807, 2.05) is 54.7 Å². The molecule has 0 saturated heterocycles. The number of alkyl halides is 1. The molecule has 0 unspecified atom stereocenters. The summed E-state index contributed by atoms with van der Waals surface area (Å²) in [7, 11) is 1.61. The number of aryl methyl sites for hydroxylation is 1. The van der Waals surface area contributed by atoms with Gasteiger partial charge in [-0.15, -0.1) is 0 Å². The summed E-state index contributed by atoms with van der Waals surface area (Å²) in [5, 5.41) is 4.58. The minimum atomic E-state index is -0.469. The fraction of sp³-hybridized carbons (Fsp3) is 0.174. The lowest BCUT2D eigenvalue weighted by Gasteiger charge is -2.08. The number of hydrogen-bond acceptors (Lipinski definition) is 5. The summed E-state index contributed by atoms with van der Waals surface area (Å²) in [5.41, 5.74) is 4.44. The van der Waals surface area contributed by atoms with E-state index in [9.17, 15) is 4.39 Å². The quantitative estimate of drug-likeness (QED) is 0.431. The highest BCUT2D eigenvalue weighted by Gasteiger charge is 2.13. The van der Waals surface area contributed by atoms with Crippen LogP contribution in [-0.4, -0.2) is 33.5 Å². The van der Waals surface area contributed by atoms with Crippen LogP contribution in [0, 0.1) is 0 Å². The Balaban J connectivity index is 1.53.